The summed E-state index contributed by atoms with van der Waals surface area (Å²) in [5, 5.41) is 2.94. The van der Waals surface area contributed by atoms with Gasteiger partial charge in [0.25, 0.3) is 0 Å². The number of anilines is 1. The maximum absolute atomic E-state index is 12.5. The van der Waals surface area contributed by atoms with E-state index < -0.39 is 0 Å². The SMILES string of the molecule is CCOc1ccccc1NC(=O)CN(CC)Cc1ccc2c(c1)OCO2. The van der Waals surface area contributed by atoms with Gasteiger partial charge in [-0.1, -0.05) is 25.1 Å². The van der Waals surface area contributed by atoms with Gasteiger partial charge in [0.15, 0.2) is 11.5 Å². The maximum Gasteiger partial charge on any atom is 0.238 e. The van der Waals surface area contributed by atoms with Crippen molar-refractivity contribution < 1.29 is 19.0 Å². The Morgan fingerprint density at radius 1 is 1.15 bits per heavy atom. The third kappa shape index (κ3) is 4.46. The number of rotatable bonds is 8. The van der Waals surface area contributed by atoms with Gasteiger partial charge < -0.3 is 19.5 Å². The van der Waals surface area contributed by atoms with E-state index in [0.29, 0.717) is 31.1 Å². The van der Waals surface area contributed by atoms with Crippen molar-refractivity contribution in [1.29, 1.82) is 0 Å². The summed E-state index contributed by atoms with van der Waals surface area (Å²) < 4.78 is 16.3. The highest BCUT2D eigenvalue weighted by Gasteiger charge is 2.16. The Morgan fingerprint density at radius 2 is 1.96 bits per heavy atom. The highest BCUT2D eigenvalue weighted by molar-refractivity contribution is 5.93. The first-order chi connectivity index (χ1) is 12.7. The molecule has 0 atom stereocenters. The molecule has 1 N–H and O–H groups in total. The van der Waals surface area contributed by atoms with Gasteiger partial charge in [-0.05, 0) is 43.3 Å². The molecule has 0 radical (unpaired) electrons. The van der Waals surface area contributed by atoms with Crippen LogP contribution < -0.4 is 19.5 Å². The van der Waals surface area contributed by atoms with Gasteiger partial charge in [-0.15, -0.1) is 0 Å². The number of carbonyl (C=O) groups is 1. The Kier molecular flexibility index (Phi) is 5.96. The van der Waals surface area contributed by atoms with Gasteiger partial charge in [0, 0.05) is 6.54 Å². The number of carbonyl (C=O) groups excluding carboxylic acids is 1. The second-order valence-corrected chi connectivity index (χ2v) is 5.97. The number of nitrogens with one attached hydrogen (secondary N) is 1. The molecule has 0 aromatic heterocycles. The van der Waals surface area contributed by atoms with Gasteiger partial charge in [0.05, 0.1) is 18.8 Å². The van der Waals surface area contributed by atoms with Crippen molar-refractivity contribution >= 4 is 11.6 Å². The Morgan fingerprint density at radius 3 is 2.77 bits per heavy atom. The molecule has 0 spiro atoms. The molecule has 138 valence electrons. The Labute approximate surface area is 153 Å². The highest BCUT2D eigenvalue weighted by Crippen LogP contribution is 2.32. The van der Waals surface area contributed by atoms with E-state index in [-0.39, 0.29) is 12.7 Å². The van der Waals surface area contributed by atoms with Crippen LogP contribution in [0.3, 0.4) is 0 Å². The fourth-order valence-electron chi connectivity index (χ4n) is 2.82. The van der Waals surface area contributed by atoms with Crippen molar-refractivity contribution in [2.75, 3.05) is 31.8 Å². The van der Waals surface area contributed by atoms with Crippen molar-refractivity contribution in [1.82, 2.24) is 4.90 Å². The van der Waals surface area contributed by atoms with Crippen LogP contribution in [0.15, 0.2) is 42.5 Å². The smallest absolute Gasteiger partial charge is 0.238 e. The normalized spacial score (nSPS) is 12.3. The maximum atomic E-state index is 12.5. The van der Waals surface area contributed by atoms with Crippen LogP contribution >= 0.6 is 0 Å². The molecule has 0 saturated heterocycles. The van der Waals surface area contributed by atoms with Crippen LogP contribution in [0, 0.1) is 0 Å². The molecular weight excluding hydrogens is 332 g/mol. The molecule has 0 saturated carbocycles. The van der Waals surface area contributed by atoms with Crippen LogP contribution in [0.4, 0.5) is 5.69 Å². The van der Waals surface area contributed by atoms with E-state index in [1.165, 1.54) is 0 Å². The van der Waals surface area contributed by atoms with Gasteiger partial charge in [0.2, 0.25) is 12.7 Å². The third-order valence-electron chi connectivity index (χ3n) is 4.12. The van der Waals surface area contributed by atoms with E-state index in [9.17, 15) is 4.79 Å². The number of benzene rings is 2. The molecule has 3 rings (SSSR count). The summed E-state index contributed by atoms with van der Waals surface area (Å²) in [4.78, 5) is 14.5. The molecule has 0 fully saturated rings. The van der Waals surface area contributed by atoms with Crippen LogP contribution in [0.25, 0.3) is 0 Å². The molecule has 2 aromatic rings. The molecular formula is C20H24N2O4. The lowest BCUT2D eigenvalue weighted by atomic mass is 10.2. The molecule has 2 aromatic carbocycles. The van der Waals surface area contributed by atoms with Crippen molar-refractivity contribution in [2.24, 2.45) is 0 Å². The molecule has 6 nitrogen and oxygen atoms in total. The monoisotopic (exact) mass is 356 g/mol. The van der Waals surface area contributed by atoms with Crippen molar-refractivity contribution in [2.45, 2.75) is 20.4 Å². The lowest BCUT2D eigenvalue weighted by Crippen LogP contribution is -2.32. The number of hydrogen-bond donors (Lipinski definition) is 1. The van der Waals surface area contributed by atoms with E-state index in [1.54, 1.807) is 0 Å². The first-order valence-electron chi connectivity index (χ1n) is 8.82. The van der Waals surface area contributed by atoms with Crippen molar-refractivity contribution in [3.05, 3.63) is 48.0 Å². The van der Waals surface area contributed by atoms with Crippen LogP contribution in [0.5, 0.6) is 17.2 Å². The summed E-state index contributed by atoms with van der Waals surface area (Å²) in [6.45, 7) is 6.49. The van der Waals surface area contributed by atoms with E-state index in [1.807, 2.05) is 56.3 Å². The zero-order chi connectivity index (χ0) is 18.4. The van der Waals surface area contributed by atoms with Gasteiger partial charge in [0.1, 0.15) is 5.75 Å². The number of para-hydroxylation sites is 2. The molecule has 0 unspecified atom stereocenters. The first-order valence-corrected chi connectivity index (χ1v) is 8.82. The fourth-order valence-corrected chi connectivity index (χ4v) is 2.82. The second-order valence-electron chi connectivity index (χ2n) is 5.97. The predicted octanol–water partition coefficient (Wildman–Crippen LogP) is 3.27. The lowest BCUT2D eigenvalue weighted by molar-refractivity contribution is -0.117. The van der Waals surface area contributed by atoms with E-state index in [2.05, 4.69) is 10.2 Å². The number of fused-ring (bicyclic) bond motifs is 1. The van der Waals surface area contributed by atoms with Gasteiger partial charge >= 0.3 is 0 Å². The van der Waals surface area contributed by atoms with Crippen LogP contribution in [-0.4, -0.2) is 37.3 Å². The first kappa shape index (κ1) is 18.1. The van der Waals surface area contributed by atoms with Gasteiger partial charge in [-0.2, -0.15) is 0 Å². The number of hydrogen-bond acceptors (Lipinski definition) is 5. The summed E-state index contributed by atoms with van der Waals surface area (Å²) in [5.74, 6) is 2.14. The summed E-state index contributed by atoms with van der Waals surface area (Å²) in [6, 6.07) is 13.3. The molecule has 1 amide bonds. The van der Waals surface area contributed by atoms with Crippen molar-refractivity contribution in [3.8, 4) is 17.2 Å². The van der Waals surface area contributed by atoms with Crippen molar-refractivity contribution in [3.63, 3.8) is 0 Å². The molecule has 1 aliphatic heterocycles. The minimum absolute atomic E-state index is 0.0697. The Hall–Kier alpha value is -2.73. The molecule has 0 aliphatic carbocycles. The molecule has 26 heavy (non-hydrogen) atoms. The minimum Gasteiger partial charge on any atom is -0.492 e. The quantitative estimate of drug-likeness (QED) is 0.787. The summed E-state index contributed by atoms with van der Waals surface area (Å²) >= 11 is 0. The van der Waals surface area contributed by atoms with Crippen LogP contribution in [0.2, 0.25) is 0 Å². The van der Waals surface area contributed by atoms with E-state index in [0.717, 1.165) is 23.6 Å². The van der Waals surface area contributed by atoms with E-state index in [4.69, 9.17) is 14.2 Å². The largest absolute Gasteiger partial charge is 0.492 e. The fraction of sp³-hybridized carbons (Fsp3) is 0.350. The summed E-state index contributed by atoms with van der Waals surface area (Å²) in [6.07, 6.45) is 0. The molecule has 1 heterocycles. The third-order valence-corrected chi connectivity index (χ3v) is 4.12. The number of likely N-dealkylation sites (N-methyl/N-ethyl adjacent to an activating group) is 1. The van der Waals surface area contributed by atoms with Gasteiger partial charge in [-0.3, -0.25) is 9.69 Å². The molecule has 1 aliphatic rings. The highest BCUT2D eigenvalue weighted by atomic mass is 16.7. The average Bonchev–Trinajstić information content (AvgIpc) is 3.11. The van der Waals surface area contributed by atoms with Crippen LogP contribution in [0.1, 0.15) is 19.4 Å². The zero-order valence-corrected chi connectivity index (χ0v) is 15.2. The molecule has 6 heteroatoms. The topological polar surface area (TPSA) is 60.0 Å². The van der Waals surface area contributed by atoms with Gasteiger partial charge in [-0.25, -0.2) is 0 Å². The number of ether oxygens (including phenoxy) is 3. The average molecular weight is 356 g/mol. The standard InChI is InChI=1S/C20H24N2O4/c1-3-22(12-15-9-10-18-19(11-15)26-14-25-18)13-20(23)21-16-7-5-6-8-17(16)24-4-2/h5-11H,3-4,12-14H2,1-2H3,(H,21,23). The number of nitrogens with zero attached hydrogens (tertiary/aromatic N) is 1. The summed E-state index contributed by atoms with van der Waals surface area (Å²) in [5.41, 5.74) is 1.78. The van der Waals surface area contributed by atoms with E-state index >= 15 is 0 Å². The van der Waals surface area contributed by atoms with Crippen LogP contribution in [-0.2, 0) is 11.3 Å². The lowest BCUT2D eigenvalue weighted by Gasteiger charge is -2.20. The number of amides is 1. The molecule has 0 bridgehead atoms. The Bertz CT molecular complexity index is 763. The zero-order valence-electron chi connectivity index (χ0n) is 15.2. The minimum atomic E-state index is -0.0697. The second kappa shape index (κ2) is 8.58. The predicted molar refractivity (Wildman–Crippen MR) is 99.8 cm³/mol. The Balaban J connectivity index is 1.60. The summed E-state index contributed by atoms with van der Waals surface area (Å²) in [7, 11) is 0.